The topological polar surface area (TPSA) is 109 Å². The van der Waals surface area contributed by atoms with E-state index < -0.39 is 0 Å². The second-order valence-electron chi connectivity index (χ2n) is 2.27. The molecule has 22 heavy (non-hydrogen) atoms. The summed E-state index contributed by atoms with van der Waals surface area (Å²) < 4.78 is 43.5. The van der Waals surface area contributed by atoms with E-state index in [1.54, 1.807) is 7.11 Å². The SMILES string of the molecule is CO[C](=[W])/C=C/c1ccccc1.[C-]#[O+].[C-]#[O+].[C-]#[O+].[C-]#[O+].[C-]#[O+]. The number of hydrogen-bond acceptors (Lipinski definition) is 1. The Morgan fingerprint density at radius 3 is 1.55 bits per heavy atom. The fraction of sp³-hybridized carbons (Fsp3) is 0.0667. The molecular formula is C15H10O6W. The number of ether oxygens (including phenoxy) is 1. The third kappa shape index (κ3) is 30.9. The van der Waals surface area contributed by atoms with Crippen LogP contribution in [-0.4, -0.2) is 11.2 Å². The summed E-state index contributed by atoms with van der Waals surface area (Å²) in [7, 11) is 1.69. The van der Waals surface area contributed by atoms with Crippen LogP contribution in [0.3, 0.4) is 0 Å². The molecule has 0 amide bonds. The van der Waals surface area contributed by atoms with Crippen LogP contribution in [0.25, 0.3) is 6.08 Å². The third-order valence-electron chi connectivity index (χ3n) is 1.41. The van der Waals surface area contributed by atoms with E-state index in [4.69, 9.17) is 28.0 Å². The average molecular weight is 470 g/mol. The summed E-state index contributed by atoms with van der Waals surface area (Å²) in [5.74, 6) is 0. The molecule has 0 unspecified atom stereocenters. The number of hydrogen-bond donors (Lipinski definition) is 0. The fourth-order valence-electron chi connectivity index (χ4n) is 0.796. The Balaban J connectivity index is -0.0000000822. The summed E-state index contributed by atoms with van der Waals surface area (Å²) in [6.45, 7) is 22.5. The minimum atomic E-state index is 0.999. The maximum absolute atomic E-state index is 7.50. The van der Waals surface area contributed by atoms with Gasteiger partial charge in [0, 0.05) is 0 Å². The van der Waals surface area contributed by atoms with Crippen molar-refractivity contribution < 1.29 is 47.4 Å². The molecule has 1 aromatic rings. The molecule has 0 radical (unpaired) electrons. The predicted octanol–water partition coefficient (Wildman–Crippen LogP) is 1.84. The van der Waals surface area contributed by atoms with Crippen LogP contribution in [0.4, 0.5) is 0 Å². The molecule has 112 valence electrons. The Kier molecular flexibility index (Phi) is 62.6. The standard InChI is InChI=1S/C10H10O.5CO.W/c1-11-9-5-8-10-6-3-2-4-7-10;5*1-2;/h2-8H,1H3;;;;;;/b8-5+;;;;;;. The first-order chi connectivity index (χ1) is 10.8. The molecule has 0 bridgehead atoms. The van der Waals surface area contributed by atoms with E-state index in [1.807, 2.05) is 30.4 Å². The van der Waals surface area contributed by atoms with E-state index in [-0.39, 0.29) is 0 Å². The Bertz CT molecular complexity index is 433. The summed E-state index contributed by atoms with van der Waals surface area (Å²) in [6, 6.07) is 10.2. The summed E-state index contributed by atoms with van der Waals surface area (Å²) >= 11 is 1.35. The van der Waals surface area contributed by atoms with Crippen LogP contribution >= 0.6 is 0 Å². The van der Waals surface area contributed by atoms with Gasteiger partial charge in [-0.05, 0) is 0 Å². The van der Waals surface area contributed by atoms with E-state index in [9.17, 15) is 0 Å². The molecular weight excluding hydrogens is 460 g/mol. The van der Waals surface area contributed by atoms with E-state index in [0.717, 1.165) is 4.08 Å². The van der Waals surface area contributed by atoms with Crippen molar-refractivity contribution in [3.05, 3.63) is 75.2 Å². The van der Waals surface area contributed by atoms with Crippen molar-refractivity contribution in [2.45, 2.75) is 0 Å². The predicted molar refractivity (Wildman–Crippen MR) is 67.1 cm³/mol. The molecule has 0 aliphatic carbocycles. The molecule has 0 fully saturated rings. The van der Waals surface area contributed by atoms with Crippen molar-refractivity contribution >= 4 is 10.2 Å². The second kappa shape index (κ2) is 42.7. The van der Waals surface area contributed by atoms with Gasteiger partial charge >= 0.3 is 140 Å². The molecule has 0 heterocycles. The van der Waals surface area contributed by atoms with Gasteiger partial charge < -0.3 is 0 Å². The van der Waals surface area contributed by atoms with Crippen LogP contribution in [0.5, 0.6) is 0 Å². The van der Waals surface area contributed by atoms with Crippen LogP contribution in [0.1, 0.15) is 5.56 Å². The monoisotopic (exact) mass is 470 g/mol. The number of rotatable bonds is 3. The van der Waals surface area contributed by atoms with Gasteiger partial charge in [-0.15, -0.1) is 0 Å². The van der Waals surface area contributed by atoms with Crippen molar-refractivity contribution in [2.24, 2.45) is 0 Å². The van der Waals surface area contributed by atoms with Gasteiger partial charge in [-0.3, -0.25) is 0 Å². The van der Waals surface area contributed by atoms with Crippen molar-refractivity contribution in [3.8, 4) is 0 Å². The Morgan fingerprint density at radius 2 is 1.23 bits per heavy atom. The molecule has 0 spiro atoms. The van der Waals surface area contributed by atoms with Gasteiger partial charge in [0.1, 0.15) is 0 Å². The molecule has 0 aromatic heterocycles. The molecule has 1 aromatic carbocycles. The average Bonchev–Trinajstić information content (AvgIpc) is 2.68. The molecule has 0 aliphatic heterocycles. The summed E-state index contributed by atoms with van der Waals surface area (Å²) in [6.07, 6.45) is 4.04. The van der Waals surface area contributed by atoms with Gasteiger partial charge in [0.25, 0.3) is 0 Å². The molecule has 0 saturated heterocycles. The summed E-state index contributed by atoms with van der Waals surface area (Å²) in [4.78, 5) is 0. The Labute approximate surface area is 140 Å². The number of methoxy groups -OCH3 is 1. The second-order valence-corrected chi connectivity index (χ2v) is 3.71. The van der Waals surface area contributed by atoms with Crippen LogP contribution in [0.15, 0.2) is 36.4 Å². The van der Waals surface area contributed by atoms with Crippen molar-refractivity contribution in [1.82, 2.24) is 0 Å². The zero-order valence-electron chi connectivity index (χ0n) is 11.4. The van der Waals surface area contributed by atoms with Gasteiger partial charge in [0.2, 0.25) is 0 Å². The molecule has 1 rings (SSSR count). The molecule has 0 N–H and O–H groups in total. The van der Waals surface area contributed by atoms with E-state index in [2.05, 4.69) is 45.4 Å². The van der Waals surface area contributed by atoms with Crippen LogP contribution < -0.4 is 0 Å². The summed E-state index contributed by atoms with van der Waals surface area (Å²) in [5.41, 5.74) is 1.20. The van der Waals surface area contributed by atoms with Gasteiger partial charge in [-0.1, -0.05) is 0 Å². The fourth-order valence-corrected chi connectivity index (χ4v) is 1.04. The first-order valence-corrected chi connectivity index (χ1v) is 6.13. The zero-order valence-corrected chi connectivity index (χ0v) is 14.3. The maximum atomic E-state index is 7.50. The first kappa shape index (κ1) is 32.2. The third-order valence-corrected chi connectivity index (χ3v) is 2.50. The molecule has 6 nitrogen and oxygen atoms in total. The quantitative estimate of drug-likeness (QED) is 0.488. The van der Waals surface area contributed by atoms with Crippen LogP contribution in [-0.2, 0) is 47.4 Å². The van der Waals surface area contributed by atoms with Gasteiger partial charge in [0.05, 0.1) is 0 Å². The van der Waals surface area contributed by atoms with Gasteiger partial charge in [-0.25, -0.2) is 0 Å². The molecule has 0 saturated carbocycles. The van der Waals surface area contributed by atoms with Gasteiger partial charge in [-0.2, -0.15) is 0 Å². The molecule has 0 atom stereocenters. The first-order valence-electron chi connectivity index (χ1n) is 4.66. The van der Waals surface area contributed by atoms with Crippen LogP contribution in [0, 0.1) is 33.3 Å². The summed E-state index contributed by atoms with van der Waals surface area (Å²) in [5, 5.41) is 0. The van der Waals surface area contributed by atoms with Crippen molar-refractivity contribution in [2.75, 3.05) is 7.11 Å². The molecule has 7 heteroatoms. The molecule has 0 aliphatic rings. The van der Waals surface area contributed by atoms with E-state index >= 15 is 0 Å². The Morgan fingerprint density at radius 1 is 0.864 bits per heavy atom. The minimum absolute atomic E-state index is 0.999. The van der Waals surface area contributed by atoms with E-state index in [0.29, 0.717) is 0 Å². The van der Waals surface area contributed by atoms with Crippen molar-refractivity contribution in [1.29, 1.82) is 0 Å². The normalized spacial score (nSPS) is 6.14. The van der Waals surface area contributed by atoms with Crippen molar-refractivity contribution in [3.63, 3.8) is 0 Å². The Hall–Kier alpha value is -1.82. The zero-order chi connectivity index (χ0) is 18.8. The number of benzene rings is 1. The van der Waals surface area contributed by atoms with E-state index in [1.165, 1.54) is 24.9 Å². The van der Waals surface area contributed by atoms with Gasteiger partial charge in [0.15, 0.2) is 0 Å². The van der Waals surface area contributed by atoms with Crippen LogP contribution in [0.2, 0.25) is 0 Å².